The van der Waals surface area contributed by atoms with Gasteiger partial charge in [0.2, 0.25) is 5.56 Å². The molecule has 22 heavy (non-hydrogen) atoms. The van der Waals surface area contributed by atoms with Crippen LogP contribution in [0.15, 0.2) is 41.6 Å². The number of nitrogens with two attached hydrogens (primary N) is 1. The van der Waals surface area contributed by atoms with Crippen LogP contribution in [0.2, 0.25) is 0 Å². The van der Waals surface area contributed by atoms with Crippen LogP contribution in [0, 0.1) is 0 Å². The lowest BCUT2D eigenvalue weighted by atomic mass is 10.0. The Balaban J connectivity index is 1.84. The maximum absolute atomic E-state index is 11.5. The number of hydrogen-bond acceptors (Lipinski definition) is 5. The zero-order valence-corrected chi connectivity index (χ0v) is 11.8. The molecular formula is C15H16N4O3. The minimum absolute atomic E-state index is 0.0341. The van der Waals surface area contributed by atoms with Crippen molar-refractivity contribution in [3.63, 3.8) is 0 Å². The minimum atomic E-state index is -0.510. The lowest BCUT2D eigenvalue weighted by molar-refractivity contribution is 0.0999. The van der Waals surface area contributed by atoms with E-state index in [1.807, 2.05) is 0 Å². The van der Waals surface area contributed by atoms with E-state index in [9.17, 15) is 9.59 Å². The molecule has 0 spiro atoms. The van der Waals surface area contributed by atoms with Crippen molar-refractivity contribution < 1.29 is 9.53 Å². The van der Waals surface area contributed by atoms with Gasteiger partial charge in [0, 0.05) is 25.1 Å². The van der Waals surface area contributed by atoms with Gasteiger partial charge in [-0.05, 0) is 24.1 Å². The summed E-state index contributed by atoms with van der Waals surface area (Å²) < 4.78 is 5.74. The van der Waals surface area contributed by atoms with Gasteiger partial charge in [0.1, 0.15) is 6.10 Å². The second-order valence-corrected chi connectivity index (χ2v) is 5.10. The van der Waals surface area contributed by atoms with Crippen molar-refractivity contribution in [1.82, 2.24) is 9.97 Å². The summed E-state index contributed by atoms with van der Waals surface area (Å²) in [5.41, 5.74) is 7.06. The van der Waals surface area contributed by atoms with Gasteiger partial charge in [-0.3, -0.25) is 14.6 Å². The first-order valence-electron chi connectivity index (χ1n) is 6.96. The monoisotopic (exact) mass is 300 g/mol. The lowest BCUT2D eigenvalue weighted by Gasteiger charge is -2.21. The van der Waals surface area contributed by atoms with E-state index in [0.717, 1.165) is 12.0 Å². The van der Waals surface area contributed by atoms with E-state index in [0.29, 0.717) is 17.9 Å². The van der Waals surface area contributed by atoms with Gasteiger partial charge in [-0.25, -0.2) is 0 Å². The summed E-state index contributed by atoms with van der Waals surface area (Å²) in [6.07, 6.45) is 5.30. The maximum Gasteiger partial charge on any atom is 0.250 e. The molecule has 1 saturated heterocycles. The number of nitrogens with zero attached hydrogens (tertiary/aromatic N) is 1. The van der Waals surface area contributed by atoms with E-state index in [1.165, 1.54) is 12.3 Å². The fourth-order valence-corrected chi connectivity index (χ4v) is 2.59. The second kappa shape index (κ2) is 5.98. The molecule has 2 atom stereocenters. The molecule has 1 aliphatic heterocycles. The first-order valence-corrected chi connectivity index (χ1v) is 6.96. The van der Waals surface area contributed by atoms with Crippen LogP contribution in [-0.4, -0.2) is 28.5 Å². The third-order valence-corrected chi connectivity index (χ3v) is 3.66. The molecule has 1 fully saturated rings. The zero-order valence-electron chi connectivity index (χ0n) is 11.8. The highest BCUT2D eigenvalue weighted by Crippen LogP contribution is 2.31. The highest BCUT2D eigenvalue weighted by atomic mass is 16.5. The van der Waals surface area contributed by atoms with Gasteiger partial charge in [0.05, 0.1) is 23.5 Å². The average molecular weight is 300 g/mol. The minimum Gasteiger partial charge on any atom is -0.377 e. The van der Waals surface area contributed by atoms with Gasteiger partial charge in [0.15, 0.2) is 0 Å². The summed E-state index contributed by atoms with van der Waals surface area (Å²) in [5.74, 6) is -0.510. The van der Waals surface area contributed by atoms with Crippen LogP contribution >= 0.6 is 0 Å². The number of carbonyl (C=O) groups is 1. The van der Waals surface area contributed by atoms with E-state index in [4.69, 9.17) is 10.5 Å². The number of primary amides is 1. The van der Waals surface area contributed by atoms with Crippen molar-refractivity contribution in [3.8, 4) is 0 Å². The van der Waals surface area contributed by atoms with Gasteiger partial charge in [-0.2, -0.15) is 0 Å². The molecule has 7 heteroatoms. The number of ether oxygens (including phenoxy) is 1. The molecule has 0 radical (unpaired) electrons. The Kier molecular flexibility index (Phi) is 3.88. The normalized spacial score (nSPS) is 20.7. The Labute approximate surface area is 126 Å². The van der Waals surface area contributed by atoms with E-state index >= 15 is 0 Å². The van der Waals surface area contributed by atoms with E-state index in [-0.39, 0.29) is 17.7 Å². The summed E-state index contributed by atoms with van der Waals surface area (Å²) in [5, 5.41) is 3.27. The van der Waals surface area contributed by atoms with E-state index in [2.05, 4.69) is 15.3 Å². The summed E-state index contributed by atoms with van der Waals surface area (Å²) in [6, 6.07) is 4.75. The summed E-state index contributed by atoms with van der Waals surface area (Å²) >= 11 is 0. The molecule has 2 aromatic rings. The smallest absolute Gasteiger partial charge is 0.250 e. The molecule has 3 heterocycles. The molecule has 1 amide bonds. The molecule has 2 aromatic heterocycles. The maximum atomic E-state index is 11.5. The number of rotatable bonds is 4. The van der Waals surface area contributed by atoms with Crippen LogP contribution in [-0.2, 0) is 4.74 Å². The molecule has 0 saturated carbocycles. The number of aromatic amines is 1. The molecule has 3 rings (SSSR count). The third kappa shape index (κ3) is 2.84. The van der Waals surface area contributed by atoms with Crippen molar-refractivity contribution >= 4 is 11.6 Å². The largest absolute Gasteiger partial charge is 0.377 e. The lowest BCUT2D eigenvalue weighted by Crippen LogP contribution is -2.26. The number of pyridine rings is 2. The number of anilines is 1. The molecule has 0 bridgehead atoms. The second-order valence-electron chi connectivity index (χ2n) is 5.10. The van der Waals surface area contributed by atoms with Gasteiger partial charge in [-0.1, -0.05) is 0 Å². The van der Waals surface area contributed by atoms with Crippen molar-refractivity contribution in [1.29, 1.82) is 0 Å². The number of amides is 1. The SMILES string of the molecule is NC(=O)c1ccncc1N[C@@H]1CCO[C@H]1c1ccc(=O)[nH]c1. The molecule has 7 nitrogen and oxygen atoms in total. The molecule has 0 aromatic carbocycles. The Morgan fingerprint density at radius 1 is 1.41 bits per heavy atom. The molecule has 0 unspecified atom stereocenters. The molecule has 4 N–H and O–H groups in total. The first-order chi connectivity index (χ1) is 10.6. The quantitative estimate of drug-likeness (QED) is 0.774. The van der Waals surface area contributed by atoms with Crippen molar-refractivity contribution in [3.05, 3.63) is 58.3 Å². The molecule has 1 aliphatic rings. The standard InChI is InChI=1S/C15H16N4O3/c16-15(21)10-3-5-17-8-12(10)19-11-4-6-22-14(11)9-1-2-13(20)18-7-9/h1-3,5,7-8,11,14,19H,4,6H2,(H2,16,21)(H,18,20)/t11-,14+/m1/s1. The molecule has 114 valence electrons. The van der Waals surface area contributed by atoms with Gasteiger partial charge in [-0.15, -0.1) is 0 Å². The highest BCUT2D eigenvalue weighted by molar-refractivity contribution is 5.98. The van der Waals surface area contributed by atoms with Crippen molar-refractivity contribution in [2.45, 2.75) is 18.6 Å². The fourth-order valence-electron chi connectivity index (χ4n) is 2.59. The Hall–Kier alpha value is -2.67. The van der Waals surface area contributed by atoms with E-state index in [1.54, 1.807) is 24.5 Å². The predicted molar refractivity (Wildman–Crippen MR) is 80.5 cm³/mol. The van der Waals surface area contributed by atoms with Gasteiger partial charge in [0.25, 0.3) is 5.91 Å². The molecular weight excluding hydrogens is 284 g/mol. The van der Waals surface area contributed by atoms with Crippen LogP contribution in [0.5, 0.6) is 0 Å². The number of nitrogens with one attached hydrogen (secondary N) is 2. The van der Waals surface area contributed by atoms with Crippen LogP contribution < -0.4 is 16.6 Å². The number of aromatic nitrogens is 2. The van der Waals surface area contributed by atoms with Crippen LogP contribution in [0.1, 0.15) is 28.4 Å². The van der Waals surface area contributed by atoms with Crippen LogP contribution in [0.4, 0.5) is 5.69 Å². The molecule has 0 aliphatic carbocycles. The predicted octanol–water partition coefficient (Wildman–Crippen LogP) is 0.811. The Morgan fingerprint density at radius 3 is 3.00 bits per heavy atom. The summed E-state index contributed by atoms with van der Waals surface area (Å²) in [7, 11) is 0. The zero-order chi connectivity index (χ0) is 15.5. The summed E-state index contributed by atoms with van der Waals surface area (Å²) in [4.78, 5) is 29.3. The topological polar surface area (TPSA) is 110 Å². The Bertz CT molecular complexity index is 723. The van der Waals surface area contributed by atoms with Gasteiger partial charge >= 0.3 is 0 Å². The first kappa shape index (κ1) is 14.3. The summed E-state index contributed by atoms with van der Waals surface area (Å²) in [6.45, 7) is 0.591. The van der Waals surface area contributed by atoms with Crippen LogP contribution in [0.3, 0.4) is 0 Å². The average Bonchev–Trinajstić information content (AvgIpc) is 2.96. The van der Waals surface area contributed by atoms with Crippen LogP contribution in [0.25, 0.3) is 0 Å². The Morgan fingerprint density at radius 2 is 2.27 bits per heavy atom. The number of carbonyl (C=O) groups excluding carboxylic acids is 1. The van der Waals surface area contributed by atoms with Crippen molar-refractivity contribution in [2.75, 3.05) is 11.9 Å². The fraction of sp³-hybridized carbons (Fsp3) is 0.267. The van der Waals surface area contributed by atoms with Crippen molar-refractivity contribution in [2.24, 2.45) is 5.73 Å². The number of hydrogen-bond donors (Lipinski definition) is 3. The highest BCUT2D eigenvalue weighted by Gasteiger charge is 2.30. The number of H-pyrrole nitrogens is 1. The van der Waals surface area contributed by atoms with Gasteiger partial charge < -0.3 is 20.8 Å². The third-order valence-electron chi connectivity index (χ3n) is 3.66. The van der Waals surface area contributed by atoms with E-state index < -0.39 is 5.91 Å².